The molecule has 0 saturated carbocycles. The lowest BCUT2D eigenvalue weighted by molar-refractivity contribution is 0.601. The van der Waals surface area contributed by atoms with Crippen molar-refractivity contribution in [1.82, 2.24) is 14.6 Å². The van der Waals surface area contributed by atoms with E-state index in [1.807, 2.05) is 0 Å². The van der Waals surface area contributed by atoms with Crippen LogP contribution < -0.4 is 0 Å². The van der Waals surface area contributed by atoms with Crippen LogP contribution in [0.25, 0.3) is 5.65 Å². The van der Waals surface area contributed by atoms with Crippen molar-refractivity contribution >= 4 is 15.5 Å². The van der Waals surface area contributed by atoms with Crippen LogP contribution in [-0.2, 0) is 9.84 Å². The third kappa shape index (κ3) is 1.37. The molecule has 0 unspecified atom stereocenters. The Kier molecular flexibility index (Phi) is 1.81. The van der Waals surface area contributed by atoms with Crippen LogP contribution in [0.2, 0.25) is 0 Å². The van der Waals surface area contributed by atoms with E-state index in [1.54, 1.807) is 17.4 Å². The zero-order valence-electron chi connectivity index (χ0n) is 7.80. The lowest BCUT2D eigenvalue weighted by Gasteiger charge is -1.99. The first kappa shape index (κ1) is 9.14. The zero-order chi connectivity index (χ0) is 10.3. The lowest BCUT2D eigenvalue weighted by atomic mass is 10.5. The number of rotatable bonds is 1. The summed E-state index contributed by atoms with van der Waals surface area (Å²) in [6, 6.07) is 3.16. The topological polar surface area (TPSA) is 64.3 Å². The van der Waals surface area contributed by atoms with Crippen LogP contribution in [0.5, 0.6) is 0 Å². The fourth-order valence-corrected chi connectivity index (χ4v) is 1.82. The van der Waals surface area contributed by atoms with Crippen LogP contribution in [0.4, 0.5) is 0 Å². The fourth-order valence-electron chi connectivity index (χ4n) is 1.21. The monoisotopic (exact) mass is 211 g/mol. The van der Waals surface area contributed by atoms with Crippen LogP contribution >= 0.6 is 0 Å². The number of pyridine rings is 1. The molecule has 2 rings (SSSR count). The standard InChI is InChI=1S/C8H9N3O2S/c1-6-9-10-8-4-3-7(5-11(6)8)14(2,12)13/h3-5H,1-2H3. The van der Waals surface area contributed by atoms with Gasteiger partial charge in [-0.3, -0.25) is 4.40 Å². The Balaban J connectivity index is 2.79. The molecule has 74 valence electrons. The Labute approximate surface area is 81.3 Å². The second kappa shape index (κ2) is 2.78. The third-order valence-corrected chi connectivity index (χ3v) is 3.07. The van der Waals surface area contributed by atoms with Crippen molar-refractivity contribution in [2.24, 2.45) is 0 Å². The maximum Gasteiger partial charge on any atom is 0.176 e. The first-order valence-corrected chi connectivity index (χ1v) is 5.89. The Hall–Kier alpha value is -1.43. The maximum absolute atomic E-state index is 11.3. The molecule has 0 aliphatic rings. The molecule has 0 bridgehead atoms. The van der Waals surface area contributed by atoms with Crippen molar-refractivity contribution in [3.63, 3.8) is 0 Å². The molecule has 2 aromatic heterocycles. The van der Waals surface area contributed by atoms with Gasteiger partial charge in [-0.1, -0.05) is 0 Å². The minimum atomic E-state index is -3.17. The van der Waals surface area contributed by atoms with E-state index in [-0.39, 0.29) is 4.90 Å². The minimum Gasteiger partial charge on any atom is -0.285 e. The molecule has 0 amide bonds. The van der Waals surface area contributed by atoms with Crippen LogP contribution in [0.1, 0.15) is 5.82 Å². The molecule has 0 aliphatic heterocycles. The molecule has 14 heavy (non-hydrogen) atoms. The molecule has 0 N–H and O–H groups in total. The average Bonchev–Trinajstić information content (AvgIpc) is 2.46. The summed E-state index contributed by atoms with van der Waals surface area (Å²) in [5, 5.41) is 7.70. The maximum atomic E-state index is 11.3. The van der Waals surface area contributed by atoms with E-state index >= 15 is 0 Å². The summed E-state index contributed by atoms with van der Waals surface area (Å²) in [7, 11) is -3.17. The van der Waals surface area contributed by atoms with Crippen molar-refractivity contribution in [2.45, 2.75) is 11.8 Å². The Morgan fingerprint density at radius 2 is 2.00 bits per heavy atom. The highest BCUT2D eigenvalue weighted by molar-refractivity contribution is 7.90. The smallest absolute Gasteiger partial charge is 0.176 e. The fraction of sp³-hybridized carbons (Fsp3) is 0.250. The van der Waals surface area contributed by atoms with Gasteiger partial charge in [-0.15, -0.1) is 10.2 Å². The summed E-state index contributed by atoms with van der Waals surface area (Å²) >= 11 is 0. The summed E-state index contributed by atoms with van der Waals surface area (Å²) in [5.74, 6) is 0.672. The first-order chi connectivity index (χ1) is 6.48. The van der Waals surface area contributed by atoms with Gasteiger partial charge in [-0.05, 0) is 19.1 Å². The molecule has 0 atom stereocenters. The van der Waals surface area contributed by atoms with Crippen LogP contribution in [0, 0.1) is 6.92 Å². The van der Waals surface area contributed by atoms with Gasteiger partial charge in [0, 0.05) is 12.5 Å². The SMILES string of the molecule is Cc1nnc2ccc(S(C)(=O)=O)cn12. The predicted molar refractivity (Wildman–Crippen MR) is 50.8 cm³/mol. The van der Waals surface area contributed by atoms with E-state index in [0.717, 1.165) is 0 Å². The van der Waals surface area contributed by atoms with Gasteiger partial charge in [0.05, 0.1) is 4.90 Å². The number of fused-ring (bicyclic) bond motifs is 1. The van der Waals surface area contributed by atoms with Gasteiger partial charge in [0.25, 0.3) is 0 Å². The Morgan fingerprint density at radius 3 is 2.64 bits per heavy atom. The summed E-state index contributed by atoms with van der Waals surface area (Å²) in [6.45, 7) is 1.77. The highest BCUT2D eigenvalue weighted by Gasteiger charge is 2.09. The molecule has 0 aliphatic carbocycles. The van der Waals surface area contributed by atoms with Crippen LogP contribution in [0.15, 0.2) is 23.2 Å². The molecule has 2 heterocycles. The molecular formula is C8H9N3O2S. The van der Waals surface area contributed by atoms with E-state index < -0.39 is 9.84 Å². The second-order valence-electron chi connectivity index (χ2n) is 3.11. The lowest BCUT2D eigenvalue weighted by Crippen LogP contribution is -1.99. The van der Waals surface area contributed by atoms with Crippen molar-refractivity contribution in [2.75, 3.05) is 6.26 Å². The van der Waals surface area contributed by atoms with Gasteiger partial charge in [-0.25, -0.2) is 8.42 Å². The minimum absolute atomic E-state index is 0.271. The van der Waals surface area contributed by atoms with Crippen molar-refractivity contribution < 1.29 is 8.42 Å². The first-order valence-electron chi connectivity index (χ1n) is 4.00. The highest BCUT2D eigenvalue weighted by Crippen LogP contribution is 2.11. The zero-order valence-corrected chi connectivity index (χ0v) is 8.61. The molecule has 0 radical (unpaired) electrons. The summed E-state index contributed by atoms with van der Waals surface area (Å²) in [6.07, 6.45) is 2.70. The Bertz CT molecular complexity index is 586. The number of nitrogens with zero attached hydrogens (tertiary/aromatic N) is 3. The normalized spacial score (nSPS) is 12.1. The molecule has 5 nitrogen and oxygen atoms in total. The number of aromatic nitrogens is 3. The molecule has 0 fully saturated rings. The summed E-state index contributed by atoms with van der Waals surface area (Å²) in [4.78, 5) is 0.271. The highest BCUT2D eigenvalue weighted by atomic mass is 32.2. The number of hydrogen-bond donors (Lipinski definition) is 0. The van der Waals surface area contributed by atoms with Crippen LogP contribution in [0.3, 0.4) is 0 Å². The van der Waals surface area contributed by atoms with E-state index in [4.69, 9.17) is 0 Å². The van der Waals surface area contributed by atoms with Gasteiger partial charge in [0.2, 0.25) is 0 Å². The van der Waals surface area contributed by atoms with Crippen LogP contribution in [-0.4, -0.2) is 29.3 Å². The van der Waals surface area contributed by atoms with Gasteiger partial charge in [-0.2, -0.15) is 0 Å². The molecular weight excluding hydrogens is 202 g/mol. The molecule has 0 spiro atoms. The Morgan fingerprint density at radius 1 is 1.29 bits per heavy atom. The molecule has 6 heteroatoms. The quantitative estimate of drug-likeness (QED) is 0.686. The van der Waals surface area contributed by atoms with Gasteiger partial charge in [0.15, 0.2) is 15.5 Å². The molecule has 0 saturated heterocycles. The number of aryl methyl sites for hydroxylation is 1. The van der Waals surface area contributed by atoms with E-state index in [9.17, 15) is 8.42 Å². The van der Waals surface area contributed by atoms with Crippen molar-refractivity contribution in [3.05, 3.63) is 24.2 Å². The van der Waals surface area contributed by atoms with Gasteiger partial charge in [0.1, 0.15) is 5.82 Å². The van der Waals surface area contributed by atoms with Crippen molar-refractivity contribution in [3.8, 4) is 0 Å². The summed E-state index contributed by atoms with van der Waals surface area (Å²) < 4.78 is 24.2. The summed E-state index contributed by atoms with van der Waals surface area (Å²) in [5.41, 5.74) is 0.648. The van der Waals surface area contributed by atoms with Gasteiger partial charge >= 0.3 is 0 Å². The predicted octanol–water partition coefficient (Wildman–Crippen LogP) is 0.441. The van der Waals surface area contributed by atoms with E-state index in [1.165, 1.54) is 18.5 Å². The van der Waals surface area contributed by atoms with E-state index in [0.29, 0.717) is 11.5 Å². The van der Waals surface area contributed by atoms with E-state index in [2.05, 4.69) is 10.2 Å². The number of sulfone groups is 1. The third-order valence-electron chi connectivity index (χ3n) is 1.97. The number of hydrogen-bond acceptors (Lipinski definition) is 4. The molecule has 0 aromatic carbocycles. The second-order valence-corrected chi connectivity index (χ2v) is 5.13. The van der Waals surface area contributed by atoms with Crippen molar-refractivity contribution in [1.29, 1.82) is 0 Å². The van der Waals surface area contributed by atoms with Gasteiger partial charge < -0.3 is 0 Å². The largest absolute Gasteiger partial charge is 0.285 e. The molecule has 2 aromatic rings. The average molecular weight is 211 g/mol.